The van der Waals surface area contributed by atoms with Gasteiger partial charge in [-0.05, 0) is 32.9 Å². The number of hydrogen-bond acceptors (Lipinski definition) is 9. The smallest absolute Gasteiger partial charge is 0.459 e. The summed E-state index contributed by atoms with van der Waals surface area (Å²) in [7, 11) is -4.39. The molecule has 1 aromatic carbocycles. The van der Waals surface area contributed by atoms with Gasteiger partial charge in [0.25, 0.3) is 5.56 Å². The maximum Gasteiger partial charge on any atom is 0.459 e. The monoisotopic (exact) mass is 549 g/mol. The Morgan fingerprint density at radius 2 is 2.06 bits per heavy atom. The van der Waals surface area contributed by atoms with Gasteiger partial charge in [0.1, 0.15) is 35.2 Å². The number of esters is 1. The van der Waals surface area contributed by atoms with Crippen LogP contribution in [-0.4, -0.2) is 57.0 Å². The number of H-pyrrole nitrogens is 1. The fraction of sp³-hybridized carbons (Fsp3) is 0.476. The average molecular weight is 550 g/mol. The summed E-state index contributed by atoms with van der Waals surface area (Å²) in [4.78, 5) is 37.7. The second kappa shape index (κ2) is 11.7. The van der Waals surface area contributed by atoms with Crippen LogP contribution in [0.2, 0.25) is 0 Å². The first-order valence-electron chi connectivity index (χ1n) is 10.9. The number of carbonyl (C=O) groups is 1. The summed E-state index contributed by atoms with van der Waals surface area (Å²) in [5.41, 5.74) is -1.45. The van der Waals surface area contributed by atoms with E-state index in [-0.39, 0.29) is 5.75 Å². The average Bonchev–Trinajstić information content (AvgIpc) is 3.05. The Morgan fingerprint density at radius 1 is 1.33 bits per heavy atom. The first kappa shape index (κ1) is 28.0. The van der Waals surface area contributed by atoms with Crippen molar-refractivity contribution in [2.75, 3.05) is 6.61 Å². The highest BCUT2D eigenvalue weighted by Crippen LogP contribution is 2.46. The molecule has 0 aliphatic carbocycles. The van der Waals surface area contributed by atoms with Crippen LogP contribution in [0.1, 0.15) is 27.0 Å². The van der Waals surface area contributed by atoms with Crippen molar-refractivity contribution in [1.29, 1.82) is 0 Å². The highest BCUT2D eigenvalue weighted by molar-refractivity contribution is 7.52. The van der Waals surface area contributed by atoms with Gasteiger partial charge in [-0.3, -0.25) is 23.7 Å². The SMILES string of the molecule is CC(C)OC(=O)[C@H](C)NP(=O)(OC[C@H]1O[C@@H](n2ccc(=O)[nH]c2=O)[C@@H](Cl)[C@@H]1O)Oc1cccc(F)c1. The molecule has 2 heterocycles. The van der Waals surface area contributed by atoms with Crippen molar-refractivity contribution >= 4 is 25.3 Å². The number of aliphatic hydroxyl groups is 1. The molecular weight excluding hydrogens is 524 g/mol. The minimum absolute atomic E-state index is 0.156. The van der Waals surface area contributed by atoms with E-state index in [0.29, 0.717) is 0 Å². The molecule has 0 spiro atoms. The quantitative estimate of drug-likeness (QED) is 0.226. The molecule has 1 aliphatic heterocycles. The molecule has 0 saturated carbocycles. The van der Waals surface area contributed by atoms with Gasteiger partial charge in [0.15, 0.2) is 6.23 Å². The molecule has 1 unspecified atom stereocenters. The molecule has 0 bridgehead atoms. The number of halogens is 2. The summed E-state index contributed by atoms with van der Waals surface area (Å²) in [5.74, 6) is -1.57. The largest absolute Gasteiger partial charge is 0.462 e. The first-order chi connectivity index (χ1) is 16.9. The lowest BCUT2D eigenvalue weighted by molar-refractivity contribution is -0.149. The number of nitrogens with one attached hydrogen (secondary N) is 2. The first-order valence-corrected chi connectivity index (χ1v) is 12.8. The maximum atomic E-state index is 13.6. The van der Waals surface area contributed by atoms with Crippen LogP contribution in [0, 0.1) is 5.82 Å². The molecule has 6 atom stereocenters. The Balaban J connectivity index is 1.78. The normalized spacial score (nSPS) is 24.3. The number of ether oxygens (including phenoxy) is 2. The number of aromatic nitrogens is 2. The third-order valence-corrected chi connectivity index (χ3v) is 7.02. The number of rotatable bonds is 10. The molecule has 198 valence electrons. The zero-order chi connectivity index (χ0) is 26.6. The van der Waals surface area contributed by atoms with Crippen LogP contribution >= 0.6 is 19.3 Å². The second-order valence-corrected chi connectivity index (χ2v) is 10.4. The second-order valence-electron chi connectivity index (χ2n) is 8.20. The minimum Gasteiger partial charge on any atom is -0.462 e. The molecule has 0 radical (unpaired) electrons. The van der Waals surface area contributed by atoms with E-state index in [0.717, 1.165) is 29.0 Å². The van der Waals surface area contributed by atoms with E-state index >= 15 is 0 Å². The van der Waals surface area contributed by atoms with Crippen molar-refractivity contribution < 1.29 is 37.4 Å². The van der Waals surface area contributed by atoms with Gasteiger partial charge in [-0.25, -0.2) is 13.8 Å². The zero-order valence-electron chi connectivity index (χ0n) is 19.5. The topological polar surface area (TPSA) is 158 Å². The van der Waals surface area contributed by atoms with E-state index in [4.69, 9.17) is 30.1 Å². The van der Waals surface area contributed by atoms with Gasteiger partial charge >= 0.3 is 19.4 Å². The lowest BCUT2D eigenvalue weighted by atomic mass is 10.2. The Labute approximate surface area is 209 Å². The van der Waals surface area contributed by atoms with Crippen molar-refractivity contribution in [3.8, 4) is 5.75 Å². The summed E-state index contributed by atoms with van der Waals surface area (Å²) in [6.45, 7) is 4.07. The predicted octanol–water partition coefficient (Wildman–Crippen LogP) is 1.67. The third kappa shape index (κ3) is 7.02. The molecule has 1 fully saturated rings. The number of alkyl halides is 1. The molecular formula is C21H26ClFN3O9P. The van der Waals surface area contributed by atoms with Crippen LogP contribution in [0.5, 0.6) is 5.75 Å². The number of hydrogen-bond donors (Lipinski definition) is 3. The number of benzene rings is 1. The maximum absolute atomic E-state index is 13.6. The highest BCUT2D eigenvalue weighted by Gasteiger charge is 2.45. The third-order valence-electron chi connectivity index (χ3n) is 4.91. The summed E-state index contributed by atoms with van der Waals surface area (Å²) >= 11 is 6.24. The van der Waals surface area contributed by atoms with E-state index in [1.807, 2.05) is 0 Å². The van der Waals surface area contributed by atoms with Crippen molar-refractivity contribution in [3.63, 3.8) is 0 Å². The molecule has 12 nitrogen and oxygen atoms in total. The molecule has 2 aromatic rings. The molecule has 3 rings (SSSR count). The molecule has 15 heteroatoms. The lowest BCUT2D eigenvalue weighted by Crippen LogP contribution is -2.37. The van der Waals surface area contributed by atoms with Crippen LogP contribution in [0.4, 0.5) is 4.39 Å². The Bertz CT molecular complexity index is 1240. The van der Waals surface area contributed by atoms with Gasteiger partial charge in [-0.15, -0.1) is 11.6 Å². The van der Waals surface area contributed by atoms with Gasteiger partial charge < -0.3 is 19.1 Å². The van der Waals surface area contributed by atoms with Gasteiger partial charge in [0.05, 0.1) is 12.7 Å². The van der Waals surface area contributed by atoms with E-state index in [2.05, 4.69) is 10.1 Å². The fourth-order valence-corrected chi connectivity index (χ4v) is 5.08. The Morgan fingerprint density at radius 3 is 2.69 bits per heavy atom. The van der Waals surface area contributed by atoms with Crippen molar-refractivity contribution in [1.82, 2.24) is 14.6 Å². The predicted molar refractivity (Wildman–Crippen MR) is 125 cm³/mol. The van der Waals surface area contributed by atoms with Gasteiger partial charge in [-0.2, -0.15) is 5.09 Å². The summed E-state index contributed by atoms with van der Waals surface area (Å²) in [5, 5.41) is 11.8. The van der Waals surface area contributed by atoms with Gasteiger partial charge in [0.2, 0.25) is 0 Å². The zero-order valence-corrected chi connectivity index (χ0v) is 21.1. The van der Waals surface area contributed by atoms with E-state index in [9.17, 15) is 28.4 Å². The Hall–Kier alpha value is -2.54. The van der Waals surface area contributed by atoms with Gasteiger partial charge in [0, 0.05) is 18.3 Å². The van der Waals surface area contributed by atoms with Crippen molar-refractivity contribution in [2.45, 2.75) is 56.7 Å². The van der Waals surface area contributed by atoms with E-state index in [1.54, 1.807) is 13.8 Å². The van der Waals surface area contributed by atoms with E-state index < -0.39 is 73.3 Å². The minimum atomic E-state index is -4.39. The number of aliphatic hydroxyl groups excluding tert-OH is 1. The van der Waals surface area contributed by atoms with E-state index in [1.165, 1.54) is 19.1 Å². The Kier molecular flexibility index (Phi) is 9.09. The van der Waals surface area contributed by atoms with Crippen LogP contribution in [0.3, 0.4) is 0 Å². The fourth-order valence-electron chi connectivity index (χ4n) is 3.24. The molecule has 1 aliphatic rings. The number of carbonyl (C=O) groups excluding carboxylic acids is 1. The van der Waals surface area contributed by atoms with Crippen LogP contribution in [0.15, 0.2) is 46.1 Å². The molecule has 36 heavy (non-hydrogen) atoms. The van der Waals surface area contributed by atoms with Crippen LogP contribution in [-0.2, 0) is 23.4 Å². The summed E-state index contributed by atoms with van der Waals surface area (Å²) < 4.78 is 49.7. The number of aromatic amines is 1. The molecule has 1 saturated heterocycles. The van der Waals surface area contributed by atoms with Crippen LogP contribution in [0.25, 0.3) is 0 Å². The summed E-state index contributed by atoms with van der Waals surface area (Å²) in [6, 6.07) is 4.67. The van der Waals surface area contributed by atoms with Crippen molar-refractivity contribution in [3.05, 3.63) is 63.2 Å². The summed E-state index contributed by atoms with van der Waals surface area (Å²) in [6.07, 6.45) is -3.06. The molecule has 1 aromatic heterocycles. The molecule has 3 N–H and O–H groups in total. The van der Waals surface area contributed by atoms with Gasteiger partial charge in [-0.1, -0.05) is 6.07 Å². The number of nitrogens with zero attached hydrogens (tertiary/aromatic N) is 1. The van der Waals surface area contributed by atoms with Crippen molar-refractivity contribution in [2.24, 2.45) is 0 Å². The van der Waals surface area contributed by atoms with Crippen LogP contribution < -0.4 is 20.9 Å². The highest BCUT2D eigenvalue weighted by atomic mass is 35.5. The molecule has 0 amide bonds. The lowest BCUT2D eigenvalue weighted by Gasteiger charge is -2.25. The standard InChI is InChI=1S/C21H26ClFN3O9P/c1-11(2)33-20(29)12(3)25-36(31,35-14-6-4-5-13(23)9-14)32-10-15-18(28)17(22)19(34-15)26-8-7-16(27)24-21(26)30/h4-9,11-12,15,17-19,28H,10H2,1-3H3,(H,25,31)(H,24,27,30)/t12-,15+,17-,18+,19+,36?/m0/s1.